The number of rotatable bonds is 4. The molecular weight excluding hydrogens is 148 g/mol. The number of likely N-dealkylation sites (N-methyl/N-ethyl adjacent to an activating group) is 1. The zero-order valence-corrected chi connectivity index (χ0v) is 7.27. The number of thiol groups is 1. The first kappa shape index (κ1) is 9.78. The van der Waals surface area contributed by atoms with Gasteiger partial charge in [0.15, 0.2) is 0 Å². The van der Waals surface area contributed by atoms with Crippen LogP contribution in [0, 0.1) is 0 Å². The maximum absolute atomic E-state index is 10.7. The summed E-state index contributed by atoms with van der Waals surface area (Å²) in [5.74, 6) is 0.408. The van der Waals surface area contributed by atoms with Crippen molar-refractivity contribution in [1.29, 1.82) is 0 Å². The molecule has 0 fully saturated rings. The molecule has 3 nitrogen and oxygen atoms in total. The molecule has 10 heavy (non-hydrogen) atoms. The van der Waals surface area contributed by atoms with Crippen LogP contribution in [0.1, 0.15) is 6.42 Å². The Morgan fingerprint density at radius 1 is 1.70 bits per heavy atom. The van der Waals surface area contributed by atoms with Crippen molar-refractivity contribution in [3.05, 3.63) is 0 Å². The summed E-state index contributed by atoms with van der Waals surface area (Å²) in [6.07, 6.45) is 0.714. The van der Waals surface area contributed by atoms with Crippen LogP contribution < -0.4 is 5.73 Å². The van der Waals surface area contributed by atoms with Gasteiger partial charge in [-0.15, -0.1) is 0 Å². The molecule has 0 bridgehead atoms. The quantitative estimate of drug-likeness (QED) is 0.559. The highest BCUT2D eigenvalue weighted by atomic mass is 32.1. The number of carbonyl (C=O) groups is 1. The van der Waals surface area contributed by atoms with Crippen LogP contribution >= 0.6 is 12.6 Å². The molecule has 0 aromatic carbocycles. The minimum atomic E-state index is -0.279. The molecule has 0 aliphatic heterocycles. The lowest BCUT2D eigenvalue weighted by molar-refractivity contribution is -0.122. The first-order valence-corrected chi connectivity index (χ1v) is 3.79. The molecule has 2 N–H and O–H groups in total. The van der Waals surface area contributed by atoms with Crippen LogP contribution in [0.4, 0.5) is 0 Å². The highest BCUT2D eigenvalue weighted by molar-refractivity contribution is 7.80. The molecule has 1 amide bonds. The molecular formula is C6H14N2OS. The topological polar surface area (TPSA) is 46.3 Å². The zero-order chi connectivity index (χ0) is 8.15. The summed E-state index contributed by atoms with van der Waals surface area (Å²) in [7, 11) is 3.66. The Kier molecular flexibility index (Phi) is 4.47. The summed E-state index contributed by atoms with van der Waals surface area (Å²) in [5, 5.41) is 0. The van der Waals surface area contributed by atoms with Crippen molar-refractivity contribution >= 4 is 18.5 Å². The van der Waals surface area contributed by atoms with Crippen LogP contribution in [-0.4, -0.2) is 36.7 Å². The molecule has 0 aliphatic carbocycles. The molecule has 0 aromatic rings. The lowest BCUT2D eigenvalue weighted by Gasteiger charge is -2.19. The fourth-order valence-electron chi connectivity index (χ4n) is 0.777. The molecule has 0 spiro atoms. The Hall–Kier alpha value is -0.220. The smallest absolute Gasteiger partial charge is 0.234 e. The second-order valence-corrected chi connectivity index (χ2v) is 2.84. The van der Waals surface area contributed by atoms with Gasteiger partial charge in [-0.05, 0) is 26.3 Å². The molecule has 0 rings (SSSR count). The molecule has 60 valence electrons. The van der Waals surface area contributed by atoms with Crippen molar-refractivity contribution in [2.75, 3.05) is 19.8 Å². The Bertz CT molecular complexity index is 116. The van der Waals surface area contributed by atoms with Crippen molar-refractivity contribution in [3.63, 3.8) is 0 Å². The van der Waals surface area contributed by atoms with Gasteiger partial charge in [0.2, 0.25) is 5.91 Å². The largest absolute Gasteiger partial charge is 0.368 e. The minimum Gasteiger partial charge on any atom is -0.368 e. The Morgan fingerprint density at radius 2 is 2.20 bits per heavy atom. The first-order valence-electron chi connectivity index (χ1n) is 3.16. The molecule has 4 heteroatoms. The van der Waals surface area contributed by atoms with Crippen molar-refractivity contribution in [2.24, 2.45) is 5.73 Å². The van der Waals surface area contributed by atoms with Crippen LogP contribution in [0.25, 0.3) is 0 Å². The molecule has 1 atom stereocenters. The zero-order valence-electron chi connectivity index (χ0n) is 6.37. The van der Waals surface area contributed by atoms with E-state index in [1.807, 2.05) is 14.1 Å². The SMILES string of the molecule is CN(C)C(CCS)C(N)=O. The second-order valence-electron chi connectivity index (χ2n) is 2.39. The average molecular weight is 162 g/mol. The number of carbonyl (C=O) groups excluding carboxylic acids is 1. The summed E-state index contributed by atoms with van der Waals surface area (Å²) in [6.45, 7) is 0. The van der Waals surface area contributed by atoms with E-state index in [2.05, 4.69) is 12.6 Å². The normalized spacial score (nSPS) is 13.6. The summed E-state index contributed by atoms with van der Waals surface area (Å²) >= 11 is 4.01. The van der Waals surface area contributed by atoms with E-state index in [1.165, 1.54) is 0 Å². The van der Waals surface area contributed by atoms with E-state index in [-0.39, 0.29) is 11.9 Å². The predicted molar refractivity (Wildman–Crippen MR) is 45.1 cm³/mol. The molecule has 0 saturated carbocycles. The lowest BCUT2D eigenvalue weighted by atomic mass is 10.2. The summed E-state index contributed by atoms with van der Waals surface area (Å²) in [4.78, 5) is 12.5. The van der Waals surface area contributed by atoms with Gasteiger partial charge in [0.1, 0.15) is 0 Å². The first-order chi connectivity index (χ1) is 4.59. The number of nitrogens with zero attached hydrogens (tertiary/aromatic N) is 1. The van der Waals surface area contributed by atoms with E-state index < -0.39 is 0 Å². The van der Waals surface area contributed by atoms with E-state index in [9.17, 15) is 4.79 Å². The van der Waals surface area contributed by atoms with E-state index in [4.69, 9.17) is 5.73 Å². The van der Waals surface area contributed by atoms with Crippen LogP contribution in [0.2, 0.25) is 0 Å². The van der Waals surface area contributed by atoms with Gasteiger partial charge in [-0.1, -0.05) is 0 Å². The maximum atomic E-state index is 10.7. The third-order valence-corrected chi connectivity index (χ3v) is 1.61. The van der Waals surface area contributed by atoms with Crippen molar-refractivity contribution in [1.82, 2.24) is 4.90 Å². The highest BCUT2D eigenvalue weighted by Gasteiger charge is 2.15. The molecule has 0 radical (unpaired) electrons. The van der Waals surface area contributed by atoms with Gasteiger partial charge >= 0.3 is 0 Å². The second kappa shape index (κ2) is 4.57. The number of primary amides is 1. The maximum Gasteiger partial charge on any atom is 0.234 e. The average Bonchev–Trinajstić information content (AvgIpc) is 1.81. The number of hydrogen-bond donors (Lipinski definition) is 2. The minimum absolute atomic E-state index is 0.169. The molecule has 1 unspecified atom stereocenters. The predicted octanol–water partition coefficient (Wildman–Crippen LogP) is -0.278. The molecule has 0 saturated heterocycles. The van der Waals surface area contributed by atoms with Crippen LogP contribution in [0.15, 0.2) is 0 Å². The highest BCUT2D eigenvalue weighted by Crippen LogP contribution is 1.99. The van der Waals surface area contributed by atoms with E-state index in [0.29, 0.717) is 12.2 Å². The van der Waals surface area contributed by atoms with Gasteiger partial charge in [-0.2, -0.15) is 12.6 Å². The number of nitrogens with two attached hydrogens (primary N) is 1. The van der Waals surface area contributed by atoms with Gasteiger partial charge in [0.05, 0.1) is 6.04 Å². The van der Waals surface area contributed by atoms with Gasteiger partial charge in [-0.25, -0.2) is 0 Å². The monoisotopic (exact) mass is 162 g/mol. The molecule has 0 aliphatic rings. The lowest BCUT2D eigenvalue weighted by Crippen LogP contribution is -2.40. The fourth-order valence-corrected chi connectivity index (χ4v) is 1.02. The van der Waals surface area contributed by atoms with E-state index in [0.717, 1.165) is 0 Å². The third kappa shape index (κ3) is 3.08. The summed E-state index contributed by atoms with van der Waals surface area (Å²) in [6, 6.07) is -0.169. The van der Waals surface area contributed by atoms with Crippen molar-refractivity contribution < 1.29 is 4.79 Å². The van der Waals surface area contributed by atoms with Crippen molar-refractivity contribution in [2.45, 2.75) is 12.5 Å². The van der Waals surface area contributed by atoms with Gasteiger partial charge in [0.25, 0.3) is 0 Å². The Morgan fingerprint density at radius 3 is 2.30 bits per heavy atom. The standard InChI is InChI=1S/C6H14N2OS/c1-8(2)5(3-4-10)6(7)9/h5,10H,3-4H2,1-2H3,(H2,7,9). The van der Waals surface area contributed by atoms with Gasteiger partial charge in [0, 0.05) is 0 Å². The molecule has 0 aromatic heterocycles. The van der Waals surface area contributed by atoms with E-state index >= 15 is 0 Å². The summed E-state index contributed by atoms with van der Waals surface area (Å²) in [5.41, 5.74) is 5.11. The van der Waals surface area contributed by atoms with Crippen LogP contribution in [0.3, 0.4) is 0 Å². The molecule has 0 heterocycles. The van der Waals surface area contributed by atoms with Crippen LogP contribution in [0.5, 0.6) is 0 Å². The third-order valence-electron chi connectivity index (χ3n) is 1.35. The Balaban J connectivity index is 3.85. The number of amides is 1. The van der Waals surface area contributed by atoms with Crippen LogP contribution in [-0.2, 0) is 4.79 Å². The summed E-state index contributed by atoms with van der Waals surface area (Å²) < 4.78 is 0. The fraction of sp³-hybridized carbons (Fsp3) is 0.833. The van der Waals surface area contributed by atoms with E-state index in [1.54, 1.807) is 4.90 Å². The van der Waals surface area contributed by atoms with Crippen molar-refractivity contribution in [3.8, 4) is 0 Å². The number of hydrogen-bond acceptors (Lipinski definition) is 3. The Labute approximate surface area is 67.0 Å². The van der Waals surface area contributed by atoms with Gasteiger partial charge < -0.3 is 5.73 Å². The van der Waals surface area contributed by atoms with Gasteiger partial charge in [-0.3, -0.25) is 9.69 Å².